The summed E-state index contributed by atoms with van der Waals surface area (Å²) in [4.78, 5) is 31.9. The molecule has 1 atom stereocenters. The highest BCUT2D eigenvalue weighted by Crippen LogP contribution is 2.40. The van der Waals surface area contributed by atoms with Crippen LogP contribution in [-0.2, 0) is 19.8 Å². The van der Waals surface area contributed by atoms with E-state index in [4.69, 9.17) is 21.1 Å². The lowest BCUT2D eigenvalue weighted by atomic mass is 9.85. The van der Waals surface area contributed by atoms with Crippen LogP contribution in [0.15, 0.2) is 41.4 Å². The van der Waals surface area contributed by atoms with Gasteiger partial charge in [0.2, 0.25) is 11.9 Å². The predicted octanol–water partition coefficient (Wildman–Crippen LogP) is 5.87. The lowest BCUT2D eigenvalue weighted by Crippen LogP contribution is -2.63. The molecule has 4 rings (SSSR count). The van der Waals surface area contributed by atoms with Crippen LogP contribution in [0.4, 0.5) is 25.0 Å². The van der Waals surface area contributed by atoms with Gasteiger partial charge in [0.05, 0.1) is 22.7 Å². The van der Waals surface area contributed by atoms with Crippen molar-refractivity contribution in [1.29, 1.82) is 0 Å². The lowest BCUT2D eigenvalue weighted by molar-refractivity contribution is -0.133. The van der Waals surface area contributed by atoms with E-state index in [9.17, 15) is 18.4 Å². The minimum atomic E-state index is -1.14. The predicted molar refractivity (Wildman–Crippen MR) is 141 cm³/mol. The van der Waals surface area contributed by atoms with Gasteiger partial charge in [-0.2, -0.15) is 0 Å². The Hall–Kier alpha value is -3.24. The molecule has 0 saturated carbocycles. The second-order valence-corrected chi connectivity index (χ2v) is 11.0. The van der Waals surface area contributed by atoms with Crippen LogP contribution < -0.4 is 10.6 Å². The number of hydrogen-bond donors (Lipinski definition) is 2. The second kappa shape index (κ2) is 10.9. The van der Waals surface area contributed by atoms with E-state index in [0.717, 1.165) is 0 Å². The van der Waals surface area contributed by atoms with Crippen molar-refractivity contribution >= 4 is 40.9 Å². The Morgan fingerprint density at radius 3 is 2.47 bits per heavy atom. The number of rotatable bonds is 4. The highest BCUT2D eigenvalue weighted by molar-refractivity contribution is 6.34. The molecule has 2 saturated heterocycles. The zero-order valence-corrected chi connectivity index (χ0v) is 22.5. The first-order valence-corrected chi connectivity index (χ1v) is 12.7. The molecule has 204 valence electrons. The quantitative estimate of drug-likeness (QED) is 0.496. The fourth-order valence-corrected chi connectivity index (χ4v) is 4.97. The highest BCUT2D eigenvalue weighted by Gasteiger charge is 2.44. The first kappa shape index (κ1) is 27.8. The summed E-state index contributed by atoms with van der Waals surface area (Å²) >= 11 is 6.70. The maximum absolute atomic E-state index is 14.9. The smallest absolute Gasteiger partial charge is 0.437 e. The first-order chi connectivity index (χ1) is 17.9. The molecule has 2 fully saturated rings. The minimum absolute atomic E-state index is 0.0243. The zero-order valence-electron chi connectivity index (χ0n) is 21.7. The summed E-state index contributed by atoms with van der Waals surface area (Å²) in [7, 11) is 0. The standard InChI is InChI=1S/C27H31ClF2N4O4/c1-26(2,3)38-25(36)32-24-33-27(4,15-21(35)34(24)18-11-13-37-14-12-18)19-9-10-20(30)23(22(19)28)31-17-7-5-16(29)6-8-17/h5-10,18,31H,11-15H2,1-4H3,(H,32,33,36)/t27-/m0/s1. The van der Waals surface area contributed by atoms with Gasteiger partial charge in [-0.1, -0.05) is 17.7 Å². The average Bonchev–Trinajstić information content (AvgIpc) is 2.82. The number of guanidine groups is 1. The molecule has 38 heavy (non-hydrogen) atoms. The number of aliphatic imine (C=N–C) groups is 1. The Bertz CT molecular complexity index is 1240. The van der Waals surface area contributed by atoms with Crippen molar-refractivity contribution in [2.45, 2.75) is 64.1 Å². The van der Waals surface area contributed by atoms with E-state index < -0.39 is 28.9 Å². The van der Waals surface area contributed by atoms with Crippen molar-refractivity contribution in [3.8, 4) is 0 Å². The molecular weight excluding hydrogens is 518 g/mol. The molecule has 2 aromatic carbocycles. The van der Waals surface area contributed by atoms with Gasteiger partial charge in [-0.25, -0.2) is 13.6 Å². The zero-order chi connectivity index (χ0) is 27.7. The number of halogens is 3. The van der Waals surface area contributed by atoms with Crippen LogP contribution in [-0.4, -0.2) is 47.7 Å². The molecular formula is C27H31ClF2N4O4. The largest absolute Gasteiger partial charge is 0.442 e. The second-order valence-electron chi connectivity index (χ2n) is 10.6. The molecule has 2 aliphatic rings. The number of carbonyl (C=O) groups excluding carboxylic acids is 2. The number of carbonyl (C=O) groups is 2. The number of benzene rings is 2. The number of nitrogens with zero attached hydrogens (tertiary/aromatic N) is 2. The molecule has 2 aliphatic heterocycles. The van der Waals surface area contributed by atoms with Gasteiger partial charge < -0.3 is 20.1 Å². The third-order valence-corrected chi connectivity index (χ3v) is 6.73. The van der Waals surface area contributed by atoms with Gasteiger partial charge in [0.25, 0.3) is 0 Å². The molecule has 11 heteroatoms. The topological polar surface area (TPSA) is 92.3 Å². The number of nitrogens with one attached hydrogen (secondary N) is 2. The molecule has 2 amide bonds. The summed E-state index contributed by atoms with van der Waals surface area (Å²) in [6, 6.07) is 7.91. The van der Waals surface area contributed by atoms with Gasteiger partial charge >= 0.3 is 6.09 Å². The van der Waals surface area contributed by atoms with Gasteiger partial charge in [0.15, 0.2) is 0 Å². The summed E-state index contributed by atoms with van der Waals surface area (Å²) in [5.41, 5.74) is -1.09. The Morgan fingerprint density at radius 2 is 1.84 bits per heavy atom. The maximum Gasteiger partial charge on any atom is 0.437 e. The molecule has 2 aromatic rings. The first-order valence-electron chi connectivity index (χ1n) is 12.4. The normalized spacial score (nSPS) is 21.8. The van der Waals surface area contributed by atoms with Crippen molar-refractivity contribution in [1.82, 2.24) is 10.2 Å². The van der Waals surface area contributed by atoms with E-state index in [-0.39, 0.29) is 35.0 Å². The summed E-state index contributed by atoms with van der Waals surface area (Å²) in [5, 5.41) is 6.15. The molecule has 0 aromatic heterocycles. The Balaban J connectivity index is 1.71. The fraction of sp³-hybridized carbons (Fsp3) is 0.444. The van der Waals surface area contributed by atoms with E-state index in [1.165, 1.54) is 41.3 Å². The van der Waals surface area contributed by atoms with Crippen molar-refractivity contribution in [3.63, 3.8) is 0 Å². The van der Waals surface area contributed by atoms with Crippen LogP contribution in [0.1, 0.15) is 52.5 Å². The van der Waals surface area contributed by atoms with E-state index in [1.54, 1.807) is 27.7 Å². The summed E-state index contributed by atoms with van der Waals surface area (Å²) in [6.07, 6.45) is 0.290. The number of ether oxygens (including phenoxy) is 2. The SMILES string of the molecule is CC(C)(C)OC(=O)/N=C1\N[C@](C)(c2ccc(F)c(Nc3ccc(F)cc3)c2Cl)CC(=O)N1C1CCOCC1. The van der Waals surface area contributed by atoms with Crippen molar-refractivity contribution in [2.24, 2.45) is 4.99 Å². The van der Waals surface area contributed by atoms with E-state index >= 15 is 0 Å². The van der Waals surface area contributed by atoms with Crippen LogP contribution in [0.2, 0.25) is 5.02 Å². The maximum atomic E-state index is 14.9. The molecule has 0 aliphatic carbocycles. The third kappa shape index (κ3) is 6.24. The molecule has 0 unspecified atom stereocenters. The number of anilines is 2. The van der Waals surface area contributed by atoms with Gasteiger partial charge in [-0.05, 0) is 76.4 Å². The van der Waals surface area contributed by atoms with E-state index in [2.05, 4.69) is 15.6 Å². The molecule has 8 nitrogen and oxygen atoms in total. The monoisotopic (exact) mass is 548 g/mol. The van der Waals surface area contributed by atoms with E-state index in [1.807, 2.05) is 0 Å². The molecule has 2 N–H and O–H groups in total. The van der Waals surface area contributed by atoms with Crippen LogP contribution in [0.3, 0.4) is 0 Å². The molecule has 0 radical (unpaired) electrons. The van der Waals surface area contributed by atoms with Crippen LogP contribution in [0.25, 0.3) is 0 Å². The Labute approximate surface area is 225 Å². The summed E-state index contributed by atoms with van der Waals surface area (Å²) in [6.45, 7) is 7.86. The molecule has 2 heterocycles. The van der Waals surface area contributed by atoms with Crippen molar-refractivity contribution in [3.05, 3.63) is 58.6 Å². The molecule has 0 bridgehead atoms. The molecule has 0 spiro atoms. The van der Waals surface area contributed by atoms with Crippen LogP contribution >= 0.6 is 11.6 Å². The number of amides is 2. The average molecular weight is 549 g/mol. The minimum Gasteiger partial charge on any atom is -0.442 e. The van der Waals surface area contributed by atoms with Gasteiger partial charge in [0, 0.05) is 24.9 Å². The van der Waals surface area contributed by atoms with Gasteiger partial charge in [-0.3, -0.25) is 9.69 Å². The third-order valence-electron chi connectivity index (χ3n) is 6.34. The van der Waals surface area contributed by atoms with E-state index in [0.29, 0.717) is 37.3 Å². The Kier molecular flexibility index (Phi) is 7.94. The summed E-state index contributed by atoms with van der Waals surface area (Å²) < 4.78 is 39.0. The highest BCUT2D eigenvalue weighted by atomic mass is 35.5. The fourth-order valence-electron chi connectivity index (χ4n) is 4.56. The number of hydrogen-bond acceptors (Lipinski definition) is 5. The van der Waals surface area contributed by atoms with Crippen LogP contribution in [0.5, 0.6) is 0 Å². The van der Waals surface area contributed by atoms with Crippen molar-refractivity contribution in [2.75, 3.05) is 18.5 Å². The summed E-state index contributed by atoms with van der Waals surface area (Å²) in [5.74, 6) is -1.29. The van der Waals surface area contributed by atoms with Crippen LogP contribution in [0, 0.1) is 11.6 Å². The van der Waals surface area contributed by atoms with Gasteiger partial charge in [-0.15, -0.1) is 4.99 Å². The Morgan fingerprint density at radius 1 is 1.18 bits per heavy atom. The van der Waals surface area contributed by atoms with Gasteiger partial charge in [0.1, 0.15) is 17.2 Å². The lowest BCUT2D eigenvalue weighted by Gasteiger charge is -2.45. The van der Waals surface area contributed by atoms with Crippen molar-refractivity contribution < 1.29 is 27.8 Å².